The molecule has 140 valence electrons. The molecule has 0 aromatic heterocycles. The number of ether oxygens (including phenoxy) is 3. The first-order valence-corrected chi connectivity index (χ1v) is 9.75. The molecule has 0 amide bonds. The zero-order valence-electron chi connectivity index (χ0n) is 15.1. The van der Waals surface area contributed by atoms with E-state index in [1.807, 2.05) is 0 Å². The number of carbonyl (C=O) groups is 1. The highest BCUT2D eigenvalue weighted by Crippen LogP contribution is 2.45. The number of carboxylic acids is 1. The maximum Gasteiger partial charge on any atom is 0.303 e. The molecule has 2 bridgehead atoms. The Morgan fingerprint density at radius 2 is 1.75 bits per heavy atom. The highest BCUT2D eigenvalue weighted by Gasteiger charge is 2.48. The van der Waals surface area contributed by atoms with Gasteiger partial charge in [0.2, 0.25) is 0 Å². The minimum atomic E-state index is -0.753. The average molecular weight is 342 g/mol. The number of fused-ring (bicyclic) bond motifs is 2. The van der Waals surface area contributed by atoms with Crippen LogP contribution in [0.2, 0.25) is 0 Å². The van der Waals surface area contributed by atoms with Crippen LogP contribution in [0.5, 0.6) is 0 Å². The Bertz CT molecular complexity index is 360. The van der Waals surface area contributed by atoms with Gasteiger partial charge in [-0.1, -0.05) is 26.2 Å². The number of aliphatic carboxylic acids is 1. The van der Waals surface area contributed by atoms with E-state index in [-0.39, 0.29) is 6.42 Å². The Balaban J connectivity index is 1.59. The fourth-order valence-corrected chi connectivity index (χ4v) is 4.00. The molecule has 2 aliphatic heterocycles. The predicted octanol–water partition coefficient (Wildman–Crippen LogP) is 3.65. The molecule has 0 radical (unpaired) electrons. The molecule has 24 heavy (non-hydrogen) atoms. The largest absolute Gasteiger partial charge is 0.481 e. The van der Waals surface area contributed by atoms with E-state index in [1.165, 1.54) is 32.1 Å². The van der Waals surface area contributed by atoms with Crippen molar-refractivity contribution in [2.45, 2.75) is 76.9 Å². The first-order chi connectivity index (χ1) is 11.7. The van der Waals surface area contributed by atoms with Gasteiger partial charge in [-0.15, -0.1) is 0 Å². The van der Waals surface area contributed by atoms with Gasteiger partial charge in [0.05, 0.1) is 18.8 Å². The second-order valence-corrected chi connectivity index (χ2v) is 7.15. The SMILES string of the molecule is CCCCCCOCC1C2CCC(O2)C1CCOCCCC(=O)O. The van der Waals surface area contributed by atoms with E-state index in [2.05, 4.69) is 6.92 Å². The van der Waals surface area contributed by atoms with Gasteiger partial charge < -0.3 is 19.3 Å². The topological polar surface area (TPSA) is 65.0 Å². The molecule has 2 rings (SSSR count). The lowest BCUT2D eigenvalue weighted by atomic mass is 9.78. The molecule has 2 heterocycles. The van der Waals surface area contributed by atoms with Crippen molar-refractivity contribution in [1.29, 1.82) is 0 Å². The molecule has 5 heteroatoms. The number of hydrogen-bond acceptors (Lipinski definition) is 4. The lowest BCUT2D eigenvalue weighted by Crippen LogP contribution is -2.31. The number of carboxylic acid groups (broad SMARTS) is 1. The summed E-state index contributed by atoms with van der Waals surface area (Å²) in [6.45, 7) is 5.14. The second-order valence-electron chi connectivity index (χ2n) is 7.15. The highest BCUT2D eigenvalue weighted by molar-refractivity contribution is 5.66. The van der Waals surface area contributed by atoms with Crippen LogP contribution >= 0.6 is 0 Å². The molecule has 0 aromatic rings. The van der Waals surface area contributed by atoms with Gasteiger partial charge >= 0.3 is 5.97 Å². The van der Waals surface area contributed by atoms with E-state index < -0.39 is 5.97 Å². The number of rotatable bonds is 14. The second kappa shape index (κ2) is 11.1. The Kier molecular flexibility index (Phi) is 9.07. The zero-order valence-corrected chi connectivity index (χ0v) is 15.1. The van der Waals surface area contributed by atoms with Gasteiger partial charge in [-0.2, -0.15) is 0 Å². The fraction of sp³-hybridized carbons (Fsp3) is 0.947. The van der Waals surface area contributed by atoms with Gasteiger partial charge in [0.1, 0.15) is 0 Å². The van der Waals surface area contributed by atoms with E-state index in [0.29, 0.717) is 43.7 Å². The van der Waals surface area contributed by atoms with E-state index in [1.54, 1.807) is 0 Å². The lowest BCUT2D eigenvalue weighted by Gasteiger charge is -2.27. The van der Waals surface area contributed by atoms with Gasteiger partial charge in [0.25, 0.3) is 0 Å². The molecule has 2 aliphatic rings. The first-order valence-electron chi connectivity index (χ1n) is 9.75. The monoisotopic (exact) mass is 342 g/mol. The van der Waals surface area contributed by atoms with Crippen molar-refractivity contribution in [2.24, 2.45) is 11.8 Å². The summed E-state index contributed by atoms with van der Waals surface area (Å²) in [6, 6.07) is 0. The number of unbranched alkanes of at least 4 members (excludes halogenated alkanes) is 3. The molecule has 4 unspecified atom stereocenters. The van der Waals surface area contributed by atoms with Crippen LogP contribution < -0.4 is 0 Å². The van der Waals surface area contributed by atoms with Gasteiger partial charge in [0.15, 0.2) is 0 Å². The minimum Gasteiger partial charge on any atom is -0.481 e. The van der Waals surface area contributed by atoms with Gasteiger partial charge in [-0.3, -0.25) is 4.79 Å². The maximum atomic E-state index is 10.5. The van der Waals surface area contributed by atoms with Gasteiger partial charge in [-0.05, 0) is 38.0 Å². The average Bonchev–Trinajstić information content (AvgIpc) is 3.15. The molecular weight excluding hydrogens is 308 g/mol. The van der Waals surface area contributed by atoms with Crippen LogP contribution in [0.15, 0.2) is 0 Å². The molecule has 1 N–H and O–H groups in total. The van der Waals surface area contributed by atoms with Crippen molar-refractivity contribution in [3.05, 3.63) is 0 Å². The predicted molar refractivity (Wildman–Crippen MR) is 92.1 cm³/mol. The molecule has 0 aliphatic carbocycles. The lowest BCUT2D eigenvalue weighted by molar-refractivity contribution is -0.137. The summed E-state index contributed by atoms with van der Waals surface area (Å²) < 4.78 is 17.6. The summed E-state index contributed by atoms with van der Waals surface area (Å²) in [7, 11) is 0. The van der Waals surface area contributed by atoms with Crippen LogP contribution in [0.3, 0.4) is 0 Å². The first kappa shape index (κ1) is 19.7. The normalized spacial score (nSPS) is 28.5. The van der Waals surface area contributed by atoms with Gasteiger partial charge in [0, 0.05) is 32.2 Å². The molecule has 2 fully saturated rings. The fourth-order valence-electron chi connectivity index (χ4n) is 4.00. The Morgan fingerprint density at radius 3 is 2.50 bits per heavy atom. The Labute approximate surface area is 146 Å². The minimum absolute atomic E-state index is 0.186. The van der Waals surface area contributed by atoms with Crippen molar-refractivity contribution < 1.29 is 24.1 Å². The third-order valence-corrected chi connectivity index (χ3v) is 5.32. The van der Waals surface area contributed by atoms with Crippen LogP contribution in [0.4, 0.5) is 0 Å². The quantitative estimate of drug-likeness (QED) is 0.488. The van der Waals surface area contributed by atoms with Crippen molar-refractivity contribution in [2.75, 3.05) is 26.4 Å². The summed E-state index contributed by atoms with van der Waals surface area (Å²) >= 11 is 0. The molecular formula is C19H34O5. The van der Waals surface area contributed by atoms with Crippen molar-refractivity contribution in [3.8, 4) is 0 Å². The maximum absolute atomic E-state index is 10.5. The van der Waals surface area contributed by atoms with Gasteiger partial charge in [-0.25, -0.2) is 0 Å². The Morgan fingerprint density at radius 1 is 1.00 bits per heavy atom. The molecule has 0 aromatic carbocycles. The summed E-state index contributed by atoms with van der Waals surface area (Å²) in [5, 5.41) is 8.61. The molecule has 0 saturated carbocycles. The summed E-state index contributed by atoms with van der Waals surface area (Å²) in [5.41, 5.74) is 0. The molecule has 2 saturated heterocycles. The highest BCUT2D eigenvalue weighted by atomic mass is 16.5. The van der Waals surface area contributed by atoms with E-state index in [0.717, 1.165) is 26.1 Å². The molecule has 5 nitrogen and oxygen atoms in total. The van der Waals surface area contributed by atoms with Crippen LogP contribution in [-0.2, 0) is 19.0 Å². The summed E-state index contributed by atoms with van der Waals surface area (Å²) in [4.78, 5) is 10.5. The van der Waals surface area contributed by atoms with Crippen molar-refractivity contribution >= 4 is 5.97 Å². The van der Waals surface area contributed by atoms with Crippen LogP contribution in [-0.4, -0.2) is 49.7 Å². The third-order valence-electron chi connectivity index (χ3n) is 5.32. The van der Waals surface area contributed by atoms with E-state index in [4.69, 9.17) is 19.3 Å². The van der Waals surface area contributed by atoms with Crippen LogP contribution in [0.1, 0.15) is 64.7 Å². The van der Waals surface area contributed by atoms with Crippen LogP contribution in [0.25, 0.3) is 0 Å². The third kappa shape index (κ3) is 6.34. The standard InChI is InChI=1S/C19H34O5/c1-2-3-4-5-11-23-14-16-15(17-8-9-18(16)24-17)10-13-22-12-6-7-19(20)21/h15-18H,2-14H2,1H3,(H,20,21). The number of hydrogen-bond donors (Lipinski definition) is 1. The Hall–Kier alpha value is -0.650. The van der Waals surface area contributed by atoms with E-state index >= 15 is 0 Å². The van der Waals surface area contributed by atoms with Crippen molar-refractivity contribution in [3.63, 3.8) is 0 Å². The zero-order chi connectivity index (χ0) is 17.2. The van der Waals surface area contributed by atoms with Crippen molar-refractivity contribution in [1.82, 2.24) is 0 Å². The summed E-state index contributed by atoms with van der Waals surface area (Å²) in [6.07, 6.45) is 9.85. The summed E-state index contributed by atoms with van der Waals surface area (Å²) in [5.74, 6) is 0.299. The van der Waals surface area contributed by atoms with E-state index in [9.17, 15) is 4.79 Å². The smallest absolute Gasteiger partial charge is 0.303 e. The van der Waals surface area contributed by atoms with Crippen LogP contribution in [0, 0.1) is 11.8 Å². The molecule has 4 atom stereocenters. The molecule has 0 spiro atoms.